The highest BCUT2D eigenvalue weighted by Crippen LogP contribution is 2.45. The number of nitrogens with zero attached hydrogens (tertiary/aromatic N) is 1. The summed E-state index contributed by atoms with van der Waals surface area (Å²) in [5, 5.41) is 8.97. The molecule has 4 rings (SSSR count). The molecule has 1 amide bonds. The zero-order chi connectivity index (χ0) is 26.1. The molecule has 192 valence electrons. The second-order valence-corrected chi connectivity index (χ2v) is 9.32. The molecule has 1 aliphatic rings. The van der Waals surface area contributed by atoms with Crippen LogP contribution in [0.25, 0.3) is 6.08 Å². The minimum atomic E-state index is -1.32. The van der Waals surface area contributed by atoms with Gasteiger partial charge in [0.25, 0.3) is 5.91 Å². The van der Waals surface area contributed by atoms with Crippen molar-refractivity contribution in [3.63, 3.8) is 0 Å². The number of hydrogen-bond donors (Lipinski definition) is 2. The molecule has 37 heavy (non-hydrogen) atoms. The Morgan fingerprint density at radius 1 is 1.11 bits per heavy atom. The van der Waals surface area contributed by atoms with E-state index in [0.717, 1.165) is 15.6 Å². The molecule has 0 aliphatic carbocycles. The maximum Gasteiger partial charge on any atom is 0.276 e. The first-order chi connectivity index (χ1) is 18.1. The largest absolute Gasteiger partial charge is 0.494 e. The highest BCUT2D eigenvalue weighted by molar-refractivity contribution is 9.10. The fourth-order valence-electron chi connectivity index (χ4n) is 4.10. The Hall–Kier alpha value is -3.46. The molecule has 0 bridgehead atoms. The zero-order valence-corrected chi connectivity index (χ0v) is 22.1. The molecule has 2 atom stereocenters. The van der Waals surface area contributed by atoms with Crippen LogP contribution < -0.4 is 10.2 Å². The van der Waals surface area contributed by atoms with E-state index in [1.165, 1.54) is 7.11 Å². The van der Waals surface area contributed by atoms with Gasteiger partial charge in [-0.05, 0) is 35.9 Å². The summed E-state index contributed by atoms with van der Waals surface area (Å²) in [5.41, 5.74) is 3.69. The summed E-state index contributed by atoms with van der Waals surface area (Å²) < 4.78 is 12.9. The number of hydrogen-bond acceptors (Lipinski definition) is 6. The number of carbonyl (C=O) groups is 1. The van der Waals surface area contributed by atoms with Crippen molar-refractivity contribution in [3.05, 3.63) is 106 Å². The topological polar surface area (TPSA) is 89.4 Å². The van der Waals surface area contributed by atoms with Gasteiger partial charge in [0, 0.05) is 35.0 Å². The molecule has 0 unspecified atom stereocenters. The molecule has 0 radical (unpaired) electrons. The van der Waals surface area contributed by atoms with E-state index in [0.29, 0.717) is 30.2 Å². The van der Waals surface area contributed by atoms with Gasteiger partial charge in [0.1, 0.15) is 5.75 Å². The molecule has 0 saturated heterocycles. The van der Waals surface area contributed by atoms with Gasteiger partial charge >= 0.3 is 0 Å². The van der Waals surface area contributed by atoms with Crippen molar-refractivity contribution in [2.24, 2.45) is 4.99 Å². The van der Waals surface area contributed by atoms with Gasteiger partial charge in [-0.3, -0.25) is 9.63 Å². The number of aliphatic imine (C=N–C) groups is 1. The van der Waals surface area contributed by atoms with Gasteiger partial charge < -0.3 is 14.6 Å². The Kier molecular flexibility index (Phi) is 9.11. The number of aliphatic hydroxyl groups is 1. The second kappa shape index (κ2) is 12.7. The van der Waals surface area contributed by atoms with E-state index < -0.39 is 17.6 Å². The number of rotatable bonds is 11. The van der Waals surface area contributed by atoms with Crippen LogP contribution >= 0.6 is 15.9 Å². The summed E-state index contributed by atoms with van der Waals surface area (Å²) in [5.74, 6) is 0.613. The number of benzene rings is 3. The Morgan fingerprint density at radius 3 is 2.54 bits per heavy atom. The SMILES string of the molecule is CONC(=O)[C@@]1(C/C=C/c2ccccc2)N=C(c2ccc(OCCCO)cc2)O[C@H]1c1ccccc1Br. The molecule has 0 saturated carbocycles. The van der Waals surface area contributed by atoms with E-state index in [1.807, 2.05) is 91.0 Å². The third-order valence-corrected chi connectivity index (χ3v) is 6.67. The van der Waals surface area contributed by atoms with E-state index >= 15 is 0 Å². The van der Waals surface area contributed by atoms with E-state index in [-0.39, 0.29) is 13.0 Å². The Labute approximate surface area is 224 Å². The summed E-state index contributed by atoms with van der Waals surface area (Å²) in [4.78, 5) is 23.5. The maximum absolute atomic E-state index is 13.6. The second-order valence-electron chi connectivity index (χ2n) is 8.46. The number of aliphatic hydroxyl groups excluding tert-OH is 1. The number of halogens is 1. The lowest BCUT2D eigenvalue weighted by atomic mass is 9.84. The molecule has 1 aliphatic heterocycles. The number of amides is 1. The summed E-state index contributed by atoms with van der Waals surface area (Å²) in [6.07, 6.45) is 4.01. The molecule has 8 heteroatoms. The number of ether oxygens (including phenoxy) is 2. The lowest BCUT2D eigenvalue weighted by molar-refractivity contribution is -0.139. The molecule has 1 heterocycles. The molecular formula is C29H29BrN2O5. The molecule has 3 aromatic rings. The minimum Gasteiger partial charge on any atom is -0.494 e. The van der Waals surface area contributed by atoms with Gasteiger partial charge in [-0.1, -0.05) is 76.6 Å². The quantitative estimate of drug-likeness (QED) is 0.245. The summed E-state index contributed by atoms with van der Waals surface area (Å²) >= 11 is 3.62. The first-order valence-corrected chi connectivity index (χ1v) is 12.8. The molecule has 0 spiro atoms. The lowest BCUT2D eigenvalue weighted by Gasteiger charge is -2.29. The van der Waals surface area contributed by atoms with Crippen LogP contribution in [0, 0.1) is 0 Å². The van der Waals surface area contributed by atoms with Crippen molar-refractivity contribution in [3.8, 4) is 5.75 Å². The van der Waals surface area contributed by atoms with Crippen LogP contribution in [0.15, 0.2) is 94.4 Å². The predicted octanol–water partition coefficient (Wildman–Crippen LogP) is 5.25. The van der Waals surface area contributed by atoms with Crippen molar-refractivity contribution >= 4 is 33.8 Å². The van der Waals surface area contributed by atoms with Crippen LogP contribution in [0.4, 0.5) is 0 Å². The van der Waals surface area contributed by atoms with Crippen molar-refractivity contribution < 1.29 is 24.2 Å². The summed E-state index contributed by atoms with van der Waals surface area (Å²) in [6, 6.07) is 24.8. The van der Waals surface area contributed by atoms with E-state index in [9.17, 15) is 4.79 Å². The van der Waals surface area contributed by atoms with E-state index in [4.69, 9.17) is 24.4 Å². The third-order valence-electron chi connectivity index (χ3n) is 5.95. The van der Waals surface area contributed by atoms with Gasteiger partial charge in [0.15, 0.2) is 11.6 Å². The molecular weight excluding hydrogens is 536 g/mol. The normalized spacial score (nSPS) is 18.9. The average molecular weight is 565 g/mol. The first kappa shape index (κ1) is 26.6. The van der Waals surface area contributed by atoms with Gasteiger partial charge in [-0.2, -0.15) is 0 Å². The smallest absolute Gasteiger partial charge is 0.276 e. The van der Waals surface area contributed by atoms with Gasteiger partial charge in [0.2, 0.25) is 5.90 Å². The number of nitrogens with one attached hydrogen (secondary N) is 1. The van der Waals surface area contributed by atoms with Crippen LogP contribution in [0.1, 0.15) is 35.6 Å². The minimum absolute atomic E-state index is 0.0729. The average Bonchev–Trinajstić information content (AvgIpc) is 3.31. The van der Waals surface area contributed by atoms with Gasteiger partial charge in [-0.25, -0.2) is 10.5 Å². The Bertz CT molecular complexity index is 1250. The standard InChI is InChI=1S/C29H29BrN2O5/c1-35-32-28(34)29(18-7-11-21-9-3-2-4-10-21)26(24-12-5-6-13-25(24)30)37-27(31-29)22-14-16-23(17-15-22)36-20-8-19-33/h2-7,9-17,26,33H,8,18-20H2,1H3,(H,32,34)/b11-7+/t26-,29-/m0/s1. The molecule has 3 aromatic carbocycles. The first-order valence-electron chi connectivity index (χ1n) is 12.0. The van der Waals surface area contributed by atoms with Crippen LogP contribution in [-0.2, 0) is 14.4 Å². The fourth-order valence-corrected chi connectivity index (χ4v) is 4.59. The third kappa shape index (κ3) is 6.28. The highest BCUT2D eigenvalue weighted by Gasteiger charge is 2.53. The van der Waals surface area contributed by atoms with Crippen LogP contribution in [0.5, 0.6) is 5.75 Å². The molecule has 7 nitrogen and oxygen atoms in total. The van der Waals surface area contributed by atoms with Crippen molar-refractivity contribution in [2.75, 3.05) is 20.3 Å². The number of hydroxylamine groups is 1. The summed E-state index contributed by atoms with van der Waals surface area (Å²) in [6.45, 7) is 0.495. The van der Waals surface area contributed by atoms with Crippen molar-refractivity contribution in [1.82, 2.24) is 5.48 Å². The Morgan fingerprint density at radius 2 is 1.84 bits per heavy atom. The lowest BCUT2D eigenvalue weighted by Crippen LogP contribution is -2.47. The number of carbonyl (C=O) groups excluding carboxylic acids is 1. The van der Waals surface area contributed by atoms with Crippen LogP contribution in [-0.4, -0.2) is 42.8 Å². The van der Waals surface area contributed by atoms with Crippen LogP contribution in [0.3, 0.4) is 0 Å². The molecule has 0 fully saturated rings. The summed E-state index contributed by atoms with van der Waals surface area (Å²) in [7, 11) is 1.40. The van der Waals surface area contributed by atoms with Crippen molar-refractivity contribution in [2.45, 2.75) is 24.5 Å². The molecule has 2 N–H and O–H groups in total. The monoisotopic (exact) mass is 564 g/mol. The zero-order valence-electron chi connectivity index (χ0n) is 20.5. The van der Waals surface area contributed by atoms with Crippen molar-refractivity contribution in [1.29, 1.82) is 0 Å². The van der Waals surface area contributed by atoms with Gasteiger partial charge in [0.05, 0.1) is 13.7 Å². The maximum atomic E-state index is 13.6. The van der Waals surface area contributed by atoms with Gasteiger partial charge in [-0.15, -0.1) is 0 Å². The predicted molar refractivity (Wildman–Crippen MR) is 146 cm³/mol. The van der Waals surface area contributed by atoms with E-state index in [2.05, 4.69) is 21.4 Å². The highest BCUT2D eigenvalue weighted by atomic mass is 79.9. The van der Waals surface area contributed by atoms with E-state index in [1.54, 1.807) is 0 Å². The van der Waals surface area contributed by atoms with Crippen LogP contribution in [0.2, 0.25) is 0 Å². The molecule has 0 aromatic heterocycles. The Balaban J connectivity index is 1.72. The fraction of sp³-hybridized carbons (Fsp3) is 0.241.